The zero-order valence-electron chi connectivity index (χ0n) is 15.5. The summed E-state index contributed by atoms with van der Waals surface area (Å²) in [6.07, 6.45) is 4.45. The number of hydrogen-bond donors (Lipinski definition) is 1. The Hall–Kier alpha value is -3.19. The highest BCUT2D eigenvalue weighted by Crippen LogP contribution is 2.22. The van der Waals surface area contributed by atoms with E-state index < -0.39 is 0 Å². The van der Waals surface area contributed by atoms with Gasteiger partial charge in [0.25, 0.3) is 11.5 Å². The summed E-state index contributed by atoms with van der Waals surface area (Å²) in [5.41, 5.74) is 1.73. The fourth-order valence-corrected chi connectivity index (χ4v) is 3.78. The van der Waals surface area contributed by atoms with E-state index >= 15 is 0 Å². The predicted octanol–water partition coefficient (Wildman–Crippen LogP) is 3.54. The first kappa shape index (κ1) is 18.2. The molecule has 0 spiro atoms. The number of aromatic nitrogens is 3. The molecular weight excluding hydrogens is 372 g/mol. The predicted molar refractivity (Wildman–Crippen MR) is 110 cm³/mol. The first-order valence-electron chi connectivity index (χ1n) is 9.16. The highest BCUT2D eigenvalue weighted by Gasteiger charge is 2.24. The Bertz CT molecular complexity index is 1110. The lowest BCUT2D eigenvalue weighted by atomic mass is 10.1. The van der Waals surface area contributed by atoms with Crippen LogP contribution in [-0.4, -0.2) is 20.3 Å². The van der Waals surface area contributed by atoms with Crippen molar-refractivity contribution < 1.29 is 4.79 Å². The number of rotatable bonds is 6. The molecule has 2 aliphatic heterocycles. The molecule has 2 aliphatic rings. The van der Waals surface area contributed by atoms with Gasteiger partial charge in [-0.05, 0) is 30.0 Å². The van der Waals surface area contributed by atoms with Crippen LogP contribution < -0.4 is 10.9 Å². The number of para-hydroxylation sites is 1. The molecule has 1 aromatic carbocycles. The van der Waals surface area contributed by atoms with E-state index in [-0.39, 0.29) is 11.5 Å². The molecule has 0 saturated carbocycles. The van der Waals surface area contributed by atoms with Crippen LogP contribution in [0.25, 0.3) is 16.9 Å². The Labute approximate surface area is 166 Å². The zero-order valence-corrected chi connectivity index (χ0v) is 16.3. The van der Waals surface area contributed by atoms with Crippen LogP contribution in [-0.2, 0) is 13.1 Å². The number of benzene rings is 1. The monoisotopic (exact) mass is 392 g/mol. The highest BCUT2D eigenvalue weighted by molar-refractivity contribution is 7.09. The Kier molecular flexibility index (Phi) is 5.08. The van der Waals surface area contributed by atoms with Crippen LogP contribution in [0.5, 0.6) is 0 Å². The minimum absolute atomic E-state index is 0.223. The third-order valence-electron chi connectivity index (χ3n) is 4.45. The summed E-state index contributed by atoms with van der Waals surface area (Å²) in [5, 5.41) is 9.40. The minimum atomic E-state index is -0.235. The number of hydrogen-bond acceptors (Lipinski definition) is 4. The summed E-state index contributed by atoms with van der Waals surface area (Å²) >= 11 is 1.59. The molecule has 1 N–H and O–H groups in total. The Morgan fingerprint density at radius 2 is 1.96 bits per heavy atom. The first-order valence-corrected chi connectivity index (χ1v) is 10.0. The number of fused-ring (bicyclic) bond motifs is 1. The first-order chi connectivity index (χ1) is 13.7. The normalized spacial score (nSPS) is 11.0. The van der Waals surface area contributed by atoms with Gasteiger partial charge < -0.3 is 9.88 Å². The third kappa shape index (κ3) is 3.48. The van der Waals surface area contributed by atoms with Crippen molar-refractivity contribution in [2.75, 3.05) is 0 Å². The molecule has 1 amide bonds. The number of carbonyl (C=O) groups excluding carboxylic acids is 1. The van der Waals surface area contributed by atoms with Gasteiger partial charge in [0.15, 0.2) is 0 Å². The molecule has 3 heterocycles. The van der Waals surface area contributed by atoms with E-state index in [1.54, 1.807) is 23.7 Å². The summed E-state index contributed by atoms with van der Waals surface area (Å²) in [7, 11) is 0. The number of amides is 1. The fourth-order valence-electron chi connectivity index (χ4n) is 3.13. The fraction of sp³-hybridized carbons (Fsp3) is 0.190. The maximum Gasteiger partial charge on any atom is 0.282 e. The standard InChI is InChI=1S/C21H20N4O2S/c1-2-10-24-13-17(20(26)22-12-16-9-6-11-28-16)19-18(14-24)21(27)25(23-19)15-7-4-3-5-8-15/h3-9,11,13-14H,2,10,12H2,1H3,(H,22,26). The van der Waals surface area contributed by atoms with Crippen LogP contribution >= 0.6 is 11.3 Å². The molecule has 0 unspecified atom stereocenters. The average Bonchev–Trinajstić information content (AvgIpc) is 3.35. The van der Waals surface area contributed by atoms with E-state index in [4.69, 9.17) is 0 Å². The maximum atomic E-state index is 13.0. The second-order valence-corrected chi connectivity index (χ2v) is 7.52. The molecule has 4 rings (SSSR count). The van der Waals surface area contributed by atoms with Gasteiger partial charge in [-0.3, -0.25) is 9.59 Å². The SMILES string of the molecule is CCCn1cc(C(=O)NCc2cccs2)c2nn(-c3ccccc3)c(=O)c-2c1. The van der Waals surface area contributed by atoms with Gasteiger partial charge in [0.05, 0.1) is 23.4 Å². The van der Waals surface area contributed by atoms with Crippen molar-refractivity contribution in [3.05, 3.63) is 81.0 Å². The molecule has 2 aromatic rings. The quantitative estimate of drug-likeness (QED) is 0.546. The number of nitrogens with zero attached hydrogens (tertiary/aromatic N) is 3. The number of pyridine rings is 1. The van der Waals surface area contributed by atoms with Crippen LogP contribution in [0.1, 0.15) is 28.6 Å². The van der Waals surface area contributed by atoms with Gasteiger partial charge in [0.2, 0.25) is 0 Å². The molecule has 0 bridgehead atoms. The number of carbonyl (C=O) groups is 1. The topological polar surface area (TPSA) is 68.9 Å². The van der Waals surface area contributed by atoms with Crippen LogP contribution in [0.15, 0.2) is 65.0 Å². The molecular formula is C21H20N4O2S. The van der Waals surface area contributed by atoms with Gasteiger partial charge in [0.1, 0.15) is 5.69 Å². The van der Waals surface area contributed by atoms with Crippen molar-refractivity contribution in [2.45, 2.75) is 26.4 Å². The molecule has 6 nitrogen and oxygen atoms in total. The Morgan fingerprint density at radius 3 is 2.68 bits per heavy atom. The van der Waals surface area contributed by atoms with Crippen molar-refractivity contribution >= 4 is 17.2 Å². The van der Waals surface area contributed by atoms with E-state index in [9.17, 15) is 9.59 Å². The van der Waals surface area contributed by atoms with E-state index in [1.165, 1.54) is 4.68 Å². The van der Waals surface area contributed by atoms with Gasteiger partial charge in [-0.1, -0.05) is 31.2 Å². The maximum absolute atomic E-state index is 13.0. The van der Waals surface area contributed by atoms with Crippen LogP contribution in [0, 0.1) is 0 Å². The lowest BCUT2D eigenvalue weighted by Crippen LogP contribution is -2.24. The molecule has 0 saturated heterocycles. The average molecular weight is 392 g/mol. The summed E-state index contributed by atoms with van der Waals surface area (Å²) < 4.78 is 3.25. The molecule has 0 aliphatic carbocycles. The van der Waals surface area contributed by atoms with Crippen molar-refractivity contribution in [3.63, 3.8) is 0 Å². The molecule has 28 heavy (non-hydrogen) atoms. The van der Waals surface area contributed by atoms with E-state index in [1.807, 2.05) is 52.4 Å². The number of aryl methyl sites for hydroxylation is 1. The van der Waals surface area contributed by atoms with E-state index in [0.29, 0.717) is 29.1 Å². The Morgan fingerprint density at radius 1 is 1.14 bits per heavy atom. The molecule has 0 atom stereocenters. The molecule has 7 heteroatoms. The van der Waals surface area contributed by atoms with E-state index in [2.05, 4.69) is 17.3 Å². The zero-order chi connectivity index (χ0) is 19.5. The number of thiophene rings is 1. The minimum Gasteiger partial charge on any atom is -0.353 e. The van der Waals surface area contributed by atoms with Crippen LogP contribution in [0.4, 0.5) is 0 Å². The van der Waals surface area contributed by atoms with Gasteiger partial charge in [0, 0.05) is 23.8 Å². The summed E-state index contributed by atoms with van der Waals surface area (Å²) in [5.74, 6) is -0.235. The highest BCUT2D eigenvalue weighted by atomic mass is 32.1. The lowest BCUT2D eigenvalue weighted by Gasteiger charge is -2.12. The number of nitrogens with one attached hydrogen (secondary N) is 1. The van der Waals surface area contributed by atoms with Crippen LogP contribution in [0.3, 0.4) is 0 Å². The van der Waals surface area contributed by atoms with E-state index in [0.717, 1.165) is 17.8 Å². The Balaban J connectivity index is 1.77. The lowest BCUT2D eigenvalue weighted by molar-refractivity contribution is 0.0951. The summed E-state index contributed by atoms with van der Waals surface area (Å²) in [6, 6.07) is 13.2. The molecule has 142 valence electrons. The van der Waals surface area contributed by atoms with Gasteiger partial charge in [-0.2, -0.15) is 9.78 Å². The van der Waals surface area contributed by atoms with Gasteiger partial charge in [-0.25, -0.2) is 0 Å². The van der Waals surface area contributed by atoms with Gasteiger partial charge >= 0.3 is 0 Å². The largest absolute Gasteiger partial charge is 0.353 e. The molecule has 1 aromatic heterocycles. The van der Waals surface area contributed by atoms with Crippen molar-refractivity contribution in [3.8, 4) is 16.9 Å². The second-order valence-electron chi connectivity index (χ2n) is 6.49. The van der Waals surface area contributed by atoms with Gasteiger partial charge in [-0.15, -0.1) is 11.3 Å². The van der Waals surface area contributed by atoms with Crippen molar-refractivity contribution in [1.29, 1.82) is 0 Å². The van der Waals surface area contributed by atoms with Crippen molar-refractivity contribution in [1.82, 2.24) is 19.7 Å². The van der Waals surface area contributed by atoms with Crippen LogP contribution in [0.2, 0.25) is 0 Å². The summed E-state index contributed by atoms with van der Waals surface area (Å²) in [4.78, 5) is 26.9. The smallest absolute Gasteiger partial charge is 0.282 e. The third-order valence-corrected chi connectivity index (χ3v) is 5.33. The van der Waals surface area contributed by atoms with Crippen molar-refractivity contribution in [2.24, 2.45) is 0 Å². The summed E-state index contributed by atoms with van der Waals surface area (Å²) in [6.45, 7) is 3.22. The second kappa shape index (κ2) is 7.82. The molecule has 0 radical (unpaired) electrons. The molecule has 0 fully saturated rings.